The second-order valence-electron chi connectivity index (χ2n) is 4.02. The van der Waals surface area contributed by atoms with Crippen molar-refractivity contribution < 1.29 is 4.79 Å². The van der Waals surface area contributed by atoms with Crippen LogP contribution in [-0.4, -0.2) is 56.0 Å². The highest BCUT2D eigenvalue weighted by molar-refractivity contribution is 5.76. The lowest BCUT2D eigenvalue weighted by atomic mass is 10.2. The first kappa shape index (κ1) is 14.4. The standard InChI is InChI=1S/C11H25N3O/c1-4-14(10-6-9-13(2)3)11(15)7-5-8-12/h4-10,12H2,1-3H3. The van der Waals surface area contributed by atoms with Crippen molar-refractivity contribution in [2.75, 3.05) is 40.3 Å². The second kappa shape index (κ2) is 8.68. The summed E-state index contributed by atoms with van der Waals surface area (Å²) >= 11 is 0. The summed E-state index contributed by atoms with van der Waals surface area (Å²) in [4.78, 5) is 15.7. The molecule has 1 amide bonds. The predicted octanol–water partition coefficient (Wildman–Crippen LogP) is 0.526. The predicted molar refractivity (Wildman–Crippen MR) is 63.7 cm³/mol. The van der Waals surface area contributed by atoms with Gasteiger partial charge in [-0.15, -0.1) is 0 Å². The zero-order valence-corrected chi connectivity index (χ0v) is 10.3. The van der Waals surface area contributed by atoms with Gasteiger partial charge in [-0.25, -0.2) is 0 Å². The van der Waals surface area contributed by atoms with Crippen LogP contribution in [0.15, 0.2) is 0 Å². The summed E-state index contributed by atoms with van der Waals surface area (Å²) in [6, 6.07) is 0. The van der Waals surface area contributed by atoms with E-state index in [1.54, 1.807) is 0 Å². The fourth-order valence-corrected chi connectivity index (χ4v) is 1.45. The third-order valence-corrected chi connectivity index (χ3v) is 2.36. The second-order valence-corrected chi connectivity index (χ2v) is 4.02. The van der Waals surface area contributed by atoms with Gasteiger partial charge in [0.2, 0.25) is 5.91 Å². The highest BCUT2D eigenvalue weighted by Gasteiger charge is 2.09. The average molecular weight is 215 g/mol. The van der Waals surface area contributed by atoms with Crippen molar-refractivity contribution in [3.8, 4) is 0 Å². The minimum atomic E-state index is 0.238. The molecule has 0 fully saturated rings. The van der Waals surface area contributed by atoms with E-state index in [1.807, 2.05) is 25.9 Å². The largest absolute Gasteiger partial charge is 0.343 e. The minimum Gasteiger partial charge on any atom is -0.343 e. The molecular weight excluding hydrogens is 190 g/mol. The van der Waals surface area contributed by atoms with Crippen LogP contribution in [0.5, 0.6) is 0 Å². The van der Waals surface area contributed by atoms with Crippen molar-refractivity contribution in [3.05, 3.63) is 0 Å². The molecule has 0 aliphatic carbocycles. The van der Waals surface area contributed by atoms with Crippen LogP contribution in [0.3, 0.4) is 0 Å². The monoisotopic (exact) mass is 215 g/mol. The molecule has 0 bridgehead atoms. The lowest BCUT2D eigenvalue weighted by Gasteiger charge is -2.21. The van der Waals surface area contributed by atoms with E-state index in [0.717, 1.165) is 32.5 Å². The van der Waals surface area contributed by atoms with Gasteiger partial charge in [-0.2, -0.15) is 0 Å². The molecule has 0 radical (unpaired) electrons. The van der Waals surface area contributed by atoms with Crippen molar-refractivity contribution in [2.45, 2.75) is 26.2 Å². The highest BCUT2D eigenvalue weighted by atomic mass is 16.2. The zero-order chi connectivity index (χ0) is 11.7. The number of rotatable bonds is 8. The van der Waals surface area contributed by atoms with Gasteiger partial charge in [0.05, 0.1) is 0 Å². The van der Waals surface area contributed by atoms with Crippen molar-refractivity contribution in [2.24, 2.45) is 5.73 Å². The van der Waals surface area contributed by atoms with Crippen LogP contribution >= 0.6 is 0 Å². The molecule has 15 heavy (non-hydrogen) atoms. The molecule has 0 aromatic carbocycles. The van der Waals surface area contributed by atoms with E-state index in [0.29, 0.717) is 13.0 Å². The molecule has 4 heteroatoms. The number of hydrogen-bond donors (Lipinski definition) is 1. The molecule has 0 unspecified atom stereocenters. The third-order valence-electron chi connectivity index (χ3n) is 2.36. The molecule has 0 aliphatic heterocycles. The molecule has 0 heterocycles. The number of carbonyl (C=O) groups excluding carboxylic acids is 1. The summed E-state index contributed by atoms with van der Waals surface area (Å²) in [5.74, 6) is 0.238. The number of carbonyl (C=O) groups is 1. The van der Waals surface area contributed by atoms with E-state index in [4.69, 9.17) is 5.73 Å². The van der Waals surface area contributed by atoms with E-state index < -0.39 is 0 Å². The molecule has 0 saturated carbocycles. The molecule has 4 nitrogen and oxygen atoms in total. The average Bonchev–Trinajstić information content (AvgIpc) is 2.20. The molecule has 2 N–H and O–H groups in total. The van der Waals surface area contributed by atoms with E-state index in [9.17, 15) is 4.79 Å². The SMILES string of the molecule is CCN(CCCN(C)C)C(=O)CCCN. The van der Waals surface area contributed by atoms with E-state index >= 15 is 0 Å². The van der Waals surface area contributed by atoms with Gasteiger partial charge >= 0.3 is 0 Å². The molecule has 0 spiro atoms. The number of nitrogens with zero attached hydrogens (tertiary/aromatic N) is 2. The Kier molecular flexibility index (Phi) is 8.33. The molecule has 90 valence electrons. The van der Waals surface area contributed by atoms with Gasteiger partial charge < -0.3 is 15.5 Å². The Hall–Kier alpha value is -0.610. The van der Waals surface area contributed by atoms with Gasteiger partial charge in [0.25, 0.3) is 0 Å². The van der Waals surface area contributed by atoms with Crippen LogP contribution in [0.2, 0.25) is 0 Å². The maximum absolute atomic E-state index is 11.7. The quantitative estimate of drug-likeness (QED) is 0.642. The fourth-order valence-electron chi connectivity index (χ4n) is 1.45. The molecule has 0 aromatic rings. The molecule has 0 atom stereocenters. The summed E-state index contributed by atoms with van der Waals surface area (Å²) in [6.07, 6.45) is 2.42. The Morgan fingerprint density at radius 3 is 2.33 bits per heavy atom. The van der Waals surface area contributed by atoms with Gasteiger partial charge in [0.15, 0.2) is 0 Å². The number of amides is 1. The molecule has 0 aromatic heterocycles. The molecular formula is C11H25N3O. The van der Waals surface area contributed by atoms with Gasteiger partial charge in [-0.3, -0.25) is 4.79 Å². The summed E-state index contributed by atoms with van der Waals surface area (Å²) in [5, 5.41) is 0. The topological polar surface area (TPSA) is 49.6 Å². The first-order valence-corrected chi connectivity index (χ1v) is 5.74. The first-order valence-electron chi connectivity index (χ1n) is 5.74. The lowest BCUT2D eigenvalue weighted by molar-refractivity contribution is -0.131. The van der Waals surface area contributed by atoms with Crippen molar-refractivity contribution in [1.82, 2.24) is 9.80 Å². The van der Waals surface area contributed by atoms with Crippen molar-refractivity contribution >= 4 is 5.91 Å². The van der Waals surface area contributed by atoms with Crippen molar-refractivity contribution in [3.63, 3.8) is 0 Å². The van der Waals surface area contributed by atoms with E-state index in [-0.39, 0.29) is 5.91 Å². The van der Waals surface area contributed by atoms with Gasteiger partial charge in [0.1, 0.15) is 0 Å². The Labute approximate surface area is 93.4 Å². The first-order chi connectivity index (χ1) is 7.11. The zero-order valence-electron chi connectivity index (χ0n) is 10.3. The Balaban J connectivity index is 3.75. The normalized spacial score (nSPS) is 10.7. The summed E-state index contributed by atoms with van der Waals surface area (Å²) in [5.41, 5.74) is 5.38. The van der Waals surface area contributed by atoms with Gasteiger partial charge in [-0.05, 0) is 47.0 Å². The van der Waals surface area contributed by atoms with E-state index in [2.05, 4.69) is 4.90 Å². The third kappa shape index (κ3) is 7.33. The van der Waals surface area contributed by atoms with Crippen LogP contribution in [0.25, 0.3) is 0 Å². The fraction of sp³-hybridized carbons (Fsp3) is 0.909. The summed E-state index contributed by atoms with van der Waals surface area (Å²) < 4.78 is 0. The van der Waals surface area contributed by atoms with Crippen LogP contribution in [0.1, 0.15) is 26.2 Å². The smallest absolute Gasteiger partial charge is 0.222 e. The highest BCUT2D eigenvalue weighted by Crippen LogP contribution is 1.99. The Morgan fingerprint density at radius 1 is 1.20 bits per heavy atom. The Morgan fingerprint density at radius 2 is 1.87 bits per heavy atom. The molecule has 0 rings (SSSR count). The molecule has 0 saturated heterocycles. The van der Waals surface area contributed by atoms with Gasteiger partial charge in [-0.1, -0.05) is 0 Å². The van der Waals surface area contributed by atoms with Crippen LogP contribution in [0, 0.1) is 0 Å². The van der Waals surface area contributed by atoms with Crippen molar-refractivity contribution in [1.29, 1.82) is 0 Å². The summed E-state index contributed by atoms with van der Waals surface area (Å²) in [6.45, 7) is 5.31. The molecule has 0 aliphatic rings. The minimum absolute atomic E-state index is 0.238. The van der Waals surface area contributed by atoms with Gasteiger partial charge in [0, 0.05) is 19.5 Å². The van der Waals surface area contributed by atoms with Crippen LogP contribution < -0.4 is 5.73 Å². The maximum atomic E-state index is 11.7. The lowest BCUT2D eigenvalue weighted by Crippen LogP contribution is -2.33. The summed E-state index contributed by atoms with van der Waals surface area (Å²) in [7, 11) is 4.10. The number of hydrogen-bond acceptors (Lipinski definition) is 3. The maximum Gasteiger partial charge on any atom is 0.222 e. The number of nitrogens with two attached hydrogens (primary N) is 1. The Bertz CT molecular complexity index is 171. The van der Waals surface area contributed by atoms with E-state index in [1.165, 1.54) is 0 Å². The van der Waals surface area contributed by atoms with Crippen LogP contribution in [-0.2, 0) is 4.79 Å². The van der Waals surface area contributed by atoms with Crippen LogP contribution in [0.4, 0.5) is 0 Å².